The predicted molar refractivity (Wildman–Crippen MR) is 66.4 cm³/mol. The van der Waals surface area contributed by atoms with E-state index in [0.29, 0.717) is 17.5 Å². The van der Waals surface area contributed by atoms with E-state index in [1.807, 2.05) is 6.92 Å². The van der Waals surface area contributed by atoms with Crippen molar-refractivity contribution in [3.63, 3.8) is 0 Å². The largest absolute Gasteiger partial charge is 0.476 e. The third-order valence-corrected chi connectivity index (χ3v) is 3.97. The zero-order valence-electron chi connectivity index (χ0n) is 9.97. The number of carbonyl (C=O) groups excluding carboxylic acids is 1. The number of carbonyl (C=O) groups is 2. The second-order valence-electron chi connectivity index (χ2n) is 4.36. The molecule has 1 atom stereocenters. The van der Waals surface area contributed by atoms with Gasteiger partial charge in [-0.25, -0.2) is 9.78 Å². The van der Waals surface area contributed by atoms with Crippen molar-refractivity contribution in [2.75, 3.05) is 13.1 Å². The monoisotopic (exact) mass is 269 g/mol. The minimum Gasteiger partial charge on any atom is -0.476 e. The number of aromatic nitrogens is 1. The van der Waals surface area contributed by atoms with Gasteiger partial charge in [0.15, 0.2) is 5.69 Å². The lowest BCUT2D eigenvalue weighted by Crippen LogP contribution is -2.49. The standard InChI is InChI=1S/C11H15N3O3S/c1-6(7-2-12-3-7)10(15)13-4-9-14-8(5-18-9)11(16)17/h5-7,12H,2-4H2,1H3,(H,13,15)(H,16,17). The first-order valence-electron chi connectivity index (χ1n) is 5.74. The summed E-state index contributed by atoms with van der Waals surface area (Å²) in [4.78, 5) is 26.4. The minimum atomic E-state index is -1.04. The van der Waals surface area contributed by atoms with Crippen LogP contribution in [0.1, 0.15) is 22.4 Å². The Kier molecular flexibility index (Phi) is 3.93. The molecule has 2 heterocycles. The summed E-state index contributed by atoms with van der Waals surface area (Å²) in [7, 11) is 0. The SMILES string of the molecule is CC(C(=O)NCc1nc(C(=O)O)cs1)C1CNC1. The Morgan fingerprint density at radius 3 is 2.89 bits per heavy atom. The van der Waals surface area contributed by atoms with Crippen molar-refractivity contribution >= 4 is 23.2 Å². The van der Waals surface area contributed by atoms with Crippen LogP contribution in [0.2, 0.25) is 0 Å². The van der Waals surface area contributed by atoms with Crippen molar-refractivity contribution < 1.29 is 14.7 Å². The van der Waals surface area contributed by atoms with Crippen LogP contribution in [-0.2, 0) is 11.3 Å². The minimum absolute atomic E-state index is 0.00595. The molecule has 0 bridgehead atoms. The van der Waals surface area contributed by atoms with Gasteiger partial charge in [-0.15, -0.1) is 11.3 Å². The first kappa shape index (κ1) is 13.0. The van der Waals surface area contributed by atoms with Crippen molar-refractivity contribution in [2.24, 2.45) is 11.8 Å². The van der Waals surface area contributed by atoms with E-state index in [9.17, 15) is 9.59 Å². The van der Waals surface area contributed by atoms with Crippen LogP contribution >= 0.6 is 11.3 Å². The highest BCUT2D eigenvalue weighted by Gasteiger charge is 2.28. The van der Waals surface area contributed by atoms with Crippen molar-refractivity contribution in [2.45, 2.75) is 13.5 Å². The molecule has 1 aromatic heterocycles. The fourth-order valence-corrected chi connectivity index (χ4v) is 2.40. The van der Waals surface area contributed by atoms with E-state index in [-0.39, 0.29) is 17.5 Å². The molecule has 0 saturated carbocycles. The lowest BCUT2D eigenvalue weighted by Gasteiger charge is -2.31. The number of rotatable bonds is 5. The van der Waals surface area contributed by atoms with Crippen LogP contribution < -0.4 is 10.6 Å². The fourth-order valence-electron chi connectivity index (χ4n) is 1.69. The topological polar surface area (TPSA) is 91.3 Å². The summed E-state index contributed by atoms with van der Waals surface area (Å²) in [5.74, 6) is -0.674. The van der Waals surface area contributed by atoms with Gasteiger partial charge in [0, 0.05) is 11.3 Å². The Morgan fingerprint density at radius 2 is 2.39 bits per heavy atom. The average molecular weight is 269 g/mol. The number of hydrogen-bond donors (Lipinski definition) is 3. The van der Waals surface area contributed by atoms with Gasteiger partial charge in [0.1, 0.15) is 5.01 Å². The van der Waals surface area contributed by atoms with E-state index >= 15 is 0 Å². The number of aromatic carboxylic acids is 1. The molecule has 0 spiro atoms. The van der Waals surface area contributed by atoms with Gasteiger partial charge in [0.05, 0.1) is 6.54 Å². The van der Waals surface area contributed by atoms with Crippen LogP contribution in [0.3, 0.4) is 0 Å². The number of carboxylic acids is 1. The zero-order valence-corrected chi connectivity index (χ0v) is 10.8. The lowest BCUT2D eigenvalue weighted by molar-refractivity contribution is -0.126. The number of nitrogens with one attached hydrogen (secondary N) is 2. The molecule has 1 aromatic rings. The highest BCUT2D eigenvalue weighted by Crippen LogP contribution is 2.16. The lowest BCUT2D eigenvalue weighted by atomic mass is 9.88. The second-order valence-corrected chi connectivity index (χ2v) is 5.30. The Balaban J connectivity index is 1.82. The van der Waals surface area contributed by atoms with E-state index in [1.54, 1.807) is 0 Å². The number of carboxylic acid groups (broad SMARTS) is 1. The summed E-state index contributed by atoms with van der Waals surface area (Å²) in [5.41, 5.74) is 0.0282. The molecule has 3 N–H and O–H groups in total. The van der Waals surface area contributed by atoms with Gasteiger partial charge in [-0.3, -0.25) is 4.79 Å². The summed E-state index contributed by atoms with van der Waals surface area (Å²) in [6.07, 6.45) is 0. The predicted octanol–water partition coefficient (Wildman–Crippen LogP) is 0.313. The van der Waals surface area contributed by atoms with Gasteiger partial charge in [-0.1, -0.05) is 6.92 Å². The molecule has 0 aromatic carbocycles. The molecule has 1 amide bonds. The normalized spacial score (nSPS) is 16.9. The van der Waals surface area contributed by atoms with E-state index < -0.39 is 5.97 Å². The van der Waals surface area contributed by atoms with Crippen LogP contribution in [0.4, 0.5) is 0 Å². The van der Waals surface area contributed by atoms with Crippen LogP contribution in [0.15, 0.2) is 5.38 Å². The summed E-state index contributed by atoms with van der Waals surface area (Å²) < 4.78 is 0. The third-order valence-electron chi connectivity index (χ3n) is 3.12. The molecule has 1 unspecified atom stereocenters. The summed E-state index contributed by atoms with van der Waals surface area (Å²) in [6.45, 7) is 3.97. The van der Waals surface area contributed by atoms with Gasteiger partial charge >= 0.3 is 5.97 Å². The molecule has 98 valence electrons. The van der Waals surface area contributed by atoms with Gasteiger partial charge < -0.3 is 15.7 Å². The van der Waals surface area contributed by atoms with Gasteiger partial charge in [0.2, 0.25) is 5.91 Å². The van der Waals surface area contributed by atoms with E-state index in [2.05, 4.69) is 15.6 Å². The smallest absolute Gasteiger partial charge is 0.355 e. The Bertz CT molecular complexity index is 456. The molecule has 1 saturated heterocycles. The molecular weight excluding hydrogens is 254 g/mol. The maximum absolute atomic E-state index is 11.8. The molecule has 0 radical (unpaired) electrons. The number of amides is 1. The Labute approximate surface area is 108 Å². The Morgan fingerprint density at radius 1 is 1.67 bits per heavy atom. The number of thiazole rings is 1. The quantitative estimate of drug-likeness (QED) is 0.715. The third kappa shape index (κ3) is 2.85. The average Bonchev–Trinajstić information content (AvgIpc) is 2.72. The first-order valence-corrected chi connectivity index (χ1v) is 6.62. The van der Waals surface area contributed by atoms with Gasteiger partial charge in [0.25, 0.3) is 0 Å². The maximum atomic E-state index is 11.8. The molecule has 6 nitrogen and oxygen atoms in total. The number of hydrogen-bond acceptors (Lipinski definition) is 5. The zero-order chi connectivity index (χ0) is 13.1. The highest BCUT2D eigenvalue weighted by molar-refractivity contribution is 7.09. The maximum Gasteiger partial charge on any atom is 0.355 e. The van der Waals surface area contributed by atoms with Crippen LogP contribution in [0.5, 0.6) is 0 Å². The number of nitrogens with zero attached hydrogens (tertiary/aromatic N) is 1. The molecule has 1 aliphatic heterocycles. The molecular formula is C11H15N3O3S. The first-order chi connectivity index (χ1) is 8.58. The van der Waals surface area contributed by atoms with Crippen molar-refractivity contribution in [3.8, 4) is 0 Å². The molecule has 18 heavy (non-hydrogen) atoms. The molecule has 2 rings (SSSR count). The molecule has 1 aliphatic rings. The van der Waals surface area contributed by atoms with E-state index in [1.165, 1.54) is 16.7 Å². The van der Waals surface area contributed by atoms with Crippen LogP contribution in [0.25, 0.3) is 0 Å². The summed E-state index contributed by atoms with van der Waals surface area (Å²) in [6, 6.07) is 0. The summed E-state index contributed by atoms with van der Waals surface area (Å²) in [5, 5.41) is 16.7. The van der Waals surface area contributed by atoms with Crippen LogP contribution in [-0.4, -0.2) is 35.1 Å². The molecule has 0 aliphatic carbocycles. The van der Waals surface area contributed by atoms with Gasteiger partial charge in [-0.2, -0.15) is 0 Å². The van der Waals surface area contributed by atoms with E-state index in [4.69, 9.17) is 5.11 Å². The fraction of sp³-hybridized carbons (Fsp3) is 0.545. The van der Waals surface area contributed by atoms with Crippen molar-refractivity contribution in [3.05, 3.63) is 16.1 Å². The molecule has 1 fully saturated rings. The van der Waals surface area contributed by atoms with Crippen molar-refractivity contribution in [1.29, 1.82) is 0 Å². The van der Waals surface area contributed by atoms with Crippen molar-refractivity contribution in [1.82, 2.24) is 15.6 Å². The second kappa shape index (κ2) is 5.45. The van der Waals surface area contributed by atoms with Gasteiger partial charge in [-0.05, 0) is 19.0 Å². The Hall–Kier alpha value is -1.47. The van der Waals surface area contributed by atoms with Crippen LogP contribution in [0, 0.1) is 11.8 Å². The highest BCUT2D eigenvalue weighted by atomic mass is 32.1. The summed E-state index contributed by atoms with van der Waals surface area (Å²) >= 11 is 1.24. The van der Waals surface area contributed by atoms with E-state index in [0.717, 1.165) is 13.1 Å². The molecule has 7 heteroatoms.